The van der Waals surface area contributed by atoms with E-state index in [1.54, 1.807) is 18.2 Å². The lowest BCUT2D eigenvalue weighted by Gasteiger charge is -2.24. The number of halogens is 2. The van der Waals surface area contributed by atoms with E-state index in [1.807, 2.05) is 13.8 Å². The summed E-state index contributed by atoms with van der Waals surface area (Å²) >= 11 is 9.36. The largest absolute Gasteiger partial charge is 0.481 e. The average molecular weight is 363 g/mol. The molecular weight excluding hydrogens is 346 g/mol. The first-order valence-electron chi connectivity index (χ1n) is 6.27. The molecule has 0 aliphatic carbocycles. The number of carboxylic acid groups (broad SMARTS) is 1. The molecule has 0 fully saturated rings. The van der Waals surface area contributed by atoms with E-state index in [0.717, 1.165) is 4.47 Å². The predicted molar refractivity (Wildman–Crippen MR) is 82.1 cm³/mol. The number of rotatable bonds is 6. The van der Waals surface area contributed by atoms with Gasteiger partial charge in [-0.3, -0.25) is 9.59 Å². The van der Waals surface area contributed by atoms with Crippen LogP contribution in [0.5, 0.6) is 0 Å². The molecule has 0 spiro atoms. The molecule has 1 amide bonds. The molecule has 110 valence electrons. The van der Waals surface area contributed by atoms with Crippen LogP contribution < -0.4 is 0 Å². The van der Waals surface area contributed by atoms with E-state index in [0.29, 0.717) is 17.1 Å². The van der Waals surface area contributed by atoms with Gasteiger partial charge >= 0.3 is 5.97 Å². The average Bonchev–Trinajstić information content (AvgIpc) is 2.33. The lowest BCUT2D eigenvalue weighted by molar-refractivity contribution is -0.137. The van der Waals surface area contributed by atoms with E-state index < -0.39 is 5.97 Å². The number of carbonyl (C=O) groups is 2. The number of hydrogen-bond donors (Lipinski definition) is 1. The molecule has 0 radical (unpaired) electrons. The van der Waals surface area contributed by atoms with Crippen LogP contribution >= 0.6 is 27.5 Å². The van der Waals surface area contributed by atoms with Gasteiger partial charge in [0, 0.05) is 17.6 Å². The molecule has 1 aromatic carbocycles. The standard InChI is InChI=1S/C14H17BrClNO3/c1-9(2)8-17(6-5-13(18)19)14(20)11-4-3-10(15)7-12(11)16/h3-4,7,9H,5-6,8H2,1-2H3,(H,18,19). The Morgan fingerprint density at radius 1 is 1.40 bits per heavy atom. The number of hydrogen-bond acceptors (Lipinski definition) is 2. The Balaban J connectivity index is 2.93. The molecule has 4 nitrogen and oxygen atoms in total. The monoisotopic (exact) mass is 361 g/mol. The molecule has 0 heterocycles. The van der Waals surface area contributed by atoms with Crippen LogP contribution in [0.3, 0.4) is 0 Å². The van der Waals surface area contributed by atoms with Gasteiger partial charge in [0.25, 0.3) is 5.91 Å². The third-order valence-electron chi connectivity index (χ3n) is 2.63. The Bertz CT molecular complexity index is 505. The maximum Gasteiger partial charge on any atom is 0.305 e. The summed E-state index contributed by atoms with van der Waals surface area (Å²) in [4.78, 5) is 24.7. The smallest absolute Gasteiger partial charge is 0.305 e. The summed E-state index contributed by atoms with van der Waals surface area (Å²) in [7, 11) is 0. The molecule has 0 unspecified atom stereocenters. The van der Waals surface area contributed by atoms with E-state index in [2.05, 4.69) is 15.9 Å². The second-order valence-corrected chi connectivity index (χ2v) is 6.24. The first-order valence-corrected chi connectivity index (χ1v) is 7.44. The SMILES string of the molecule is CC(C)CN(CCC(=O)O)C(=O)c1ccc(Br)cc1Cl. The molecule has 6 heteroatoms. The van der Waals surface area contributed by atoms with Crippen molar-refractivity contribution >= 4 is 39.4 Å². The number of amides is 1. The van der Waals surface area contributed by atoms with Crippen LogP contribution in [0.2, 0.25) is 5.02 Å². The fourth-order valence-electron chi connectivity index (χ4n) is 1.78. The molecule has 1 N–H and O–H groups in total. The van der Waals surface area contributed by atoms with Gasteiger partial charge in [-0.1, -0.05) is 41.4 Å². The highest BCUT2D eigenvalue weighted by atomic mass is 79.9. The Kier molecular flexibility index (Phi) is 6.49. The summed E-state index contributed by atoms with van der Waals surface area (Å²) in [6, 6.07) is 5.03. The number of benzene rings is 1. The zero-order chi connectivity index (χ0) is 15.3. The summed E-state index contributed by atoms with van der Waals surface area (Å²) < 4.78 is 0.792. The quantitative estimate of drug-likeness (QED) is 0.840. The zero-order valence-corrected chi connectivity index (χ0v) is 13.7. The van der Waals surface area contributed by atoms with Gasteiger partial charge in [0.2, 0.25) is 0 Å². The van der Waals surface area contributed by atoms with E-state index in [1.165, 1.54) is 4.90 Å². The van der Waals surface area contributed by atoms with Crippen molar-refractivity contribution in [1.29, 1.82) is 0 Å². The van der Waals surface area contributed by atoms with Crippen molar-refractivity contribution in [2.45, 2.75) is 20.3 Å². The predicted octanol–water partition coefficient (Wildman–Crippen LogP) is 3.68. The highest BCUT2D eigenvalue weighted by molar-refractivity contribution is 9.10. The minimum atomic E-state index is -0.923. The first-order chi connectivity index (χ1) is 9.31. The molecule has 0 aliphatic heterocycles. The Labute approximate surface area is 131 Å². The fraction of sp³-hybridized carbons (Fsp3) is 0.429. The molecule has 1 aromatic rings. The zero-order valence-electron chi connectivity index (χ0n) is 11.4. The Hall–Kier alpha value is -1.07. The second-order valence-electron chi connectivity index (χ2n) is 4.91. The van der Waals surface area contributed by atoms with Crippen molar-refractivity contribution in [3.63, 3.8) is 0 Å². The Morgan fingerprint density at radius 3 is 2.55 bits per heavy atom. The molecule has 0 aromatic heterocycles. The number of nitrogens with zero attached hydrogens (tertiary/aromatic N) is 1. The van der Waals surface area contributed by atoms with Crippen molar-refractivity contribution in [2.24, 2.45) is 5.92 Å². The fourth-order valence-corrected chi connectivity index (χ4v) is 2.53. The number of carbonyl (C=O) groups excluding carboxylic acids is 1. The third-order valence-corrected chi connectivity index (χ3v) is 3.44. The highest BCUT2D eigenvalue weighted by Gasteiger charge is 2.20. The summed E-state index contributed by atoms with van der Waals surface area (Å²) in [5, 5.41) is 9.12. The van der Waals surface area contributed by atoms with Gasteiger partial charge < -0.3 is 10.0 Å². The first kappa shape index (κ1) is 17.0. The van der Waals surface area contributed by atoms with Crippen molar-refractivity contribution in [1.82, 2.24) is 4.90 Å². The molecule has 0 atom stereocenters. The van der Waals surface area contributed by atoms with Crippen molar-refractivity contribution < 1.29 is 14.7 Å². The highest BCUT2D eigenvalue weighted by Crippen LogP contribution is 2.23. The van der Waals surface area contributed by atoms with Gasteiger partial charge in [0.1, 0.15) is 0 Å². The summed E-state index contributed by atoms with van der Waals surface area (Å²) in [6.07, 6.45) is -0.0768. The van der Waals surface area contributed by atoms with Gasteiger partial charge in [-0.25, -0.2) is 0 Å². The maximum atomic E-state index is 12.5. The third kappa shape index (κ3) is 5.13. The van der Waals surface area contributed by atoms with Gasteiger partial charge in [0.05, 0.1) is 17.0 Å². The van der Waals surface area contributed by atoms with Gasteiger partial charge in [-0.2, -0.15) is 0 Å². The van der Waals surface area contributed by atoms with Crippen LogP contribution in [0.1, 0.15) is 30.6 Å². The van der Waals surface area contributed by atoms with Crippen LogP contribution in [-0.4, -0.2) is 35.0 Å². The van der Waals surface area contributed by atoms with Gasteiger partial charge in [0.15, 0.2) is 0 Å². The minimum absolute atomic E-state index is 0.0768. The summed E-state index contributed by atoms with van der Waals surface area (Å²) in [5.74, 6) is -0.909. The summed E-state index contributed by atoms with van der Waals surface area (Å²) in [5.41, 5.74) is 0.390. The van der Waals surface area contributed by atoms with Crippen LogP contribution in [0.25, 0.3) is 0 Å². The lowest BCUT2D eigenvalue weighted by Crippen LogP contribution is -2.36. The molecule has 0 aliphatic rings. The molecule has 20 heavy (non-hydrogen) atoms. The van der Waals surface area contributed by atoms with Crippen LogP contribution in [-0.2, 0) is 4.79 Å². The van der Waals surface area contributed by atoms with Crippen molar-refractivity contribution in [3.8, 4) is 0 Å². The lowest BCUT2D eigenvalue weighted by atomic mass is 10.1. The van der Waals surface area contributed by atoms with Crippen LogP contribution in [0.4, 0.5) is 0 Å². The minimum Gasteiger partial charge on any atom is -0.481 e. The number of carboxylic acids is 1. The molecule has 1 rings (SSSR count). The molecule has 0 bridgehead atoms. The van der Waals surface area contributed by atoms with Crippen LogP contribution in [0, 0.1) is 5.92 Å². The van der Waals surface area contributed by atoms with Gasteiger partial charge in [-0.15, -0.1) is 0 Å². The topological polar surface area (TPSA) is 57.6 Å². The van der Waals surface area contributed by atoms with Crippen LogP contribution in [0.15, 0.2) is 22.7 Å². The Morgan fingerprint density at radius 2 is 2.05 bits per heavy atom. The molecule has 0 saturated carbocycles. The van der Waals surface area contributed by atoms with Gasteiger partial charge in [-0.05, 0) is 24.1 Å². The molecule has 0 saturated heterocycles. The van der Waals surface area contributed by atoms with E-state index in [-0.39, 0.29) is 24.8 Å². The van der Waals surface area contributed by atoms with E-state index >= 15 is 0 Å². The summed E-state index contributed by atoms with van der Waals surface area (Å²) in [6.45, 7) is 4.63. The molecular formula is C14H17BrClNO3. The van der Waals surface area contributed by atoms with Crippen molar-refractivity contribution in [2.75, 3.05) is 13.1 Å². The maximum absolute atomic E-state index is 12.5. The van der Waals surface area contributed by atoms with Crippen molar-refractivity contribution in [3.05, 3.63) is 33.3 Å². The normalized spacial score (nSPS) is 10.7. The number of aliphatic carboxylic acids is 1. The second kappa shape index (κ2) is 7.64. The van der Waals surface area contributed by atoms with E-state index in [4.69, 9.17) is 16.7 Å². The van der Waals surface area contributed by atoms with E-state index in [9.17, 15) is 9.59 Å².